The third-order valence-corrected chi connectivity index (χ3v) is 5.58. The summed E-state index contributed by atoms with van der Waals surface area (Å²) in [7, 11) is 1.65. The molecule has 0 unspecified atom stereocenters. The number of nitrogens with zero attached hydrogens (tertiary/aromatic N) is 4. The fraction of sp³-hybridized carbons (Fsp3) is 0.292. The summed E-state index contributed by atoms with van der Waals surface area (Å²) in [6, 6.07) is 17.2. The number of carbonyl (C=O) groups is 1. The Morgan fingerprint density at radius 2 is 1.77 bits per heavy atom. The van der Waals surface area contributed by atoms with E-state index in [0.29, 0.717) is 18.8 Å². The van der Waals surface area contributed by atoms with Crippen LogP contribution in [0.2, 0.25) is 0 Å². The number of aromatic nitrogens is 2. The normalized spacial score (nSPS) is 13.9. The van der Waals surface area contributed by atoms with E-state index < -0.39 is 0 Å². The minimum absolute atomic E-state index is 0.000822. The Morgan fingerprint density at radius 1 is 1.03 bits per heavy atom. The van der Waals surface area contributed by atoms with Crippen molar-refractivity contribution in [2.75, 3.05) is 38.2 Å². The zero-order valence-corrected chi connectivity index (χ0v) is 17.8. The average Bonchev–Trinajstić information content (AvgIpc) is 2.81. The highest BCUT2D eigenvalue weighted by molar-refractivity contribution is 5.76. The fourth-order valence-corrected chi connectivity index (χ4v) is 3.69. The van der Waals surface area contributed by atoms with Crippen LogP contribution < -0.4 is 15.2 Å². The van der Waals surface area contributed by atoms with E-state index >= 15 is 0 Å². The highest BCUT2D eigenvalue weighted by Crippen LogP contribution is 2.22. The molecule has 7 nitrogen and oxygen atoms in total. The quantitative estimate of drug-likeness (QED) is 0.637. The molecule has 0 bridgehead atoms. The maximum absolute atomic E-state index is 12.8. The Hall–Kier alpha value is -3.61. The molecule has 0 saturated carbocycles. The van der Waals surface area contributed by atoms with Crippen LogP contribution in [0.1, 0.15) is 5.56 Å². The maximum atomic E-state index is 12.8. The molecule has 1 amide bonds. The van der Waals surface area contributed by atoms with Gasteiger partial charge in [0.05, 0.1) is 19.1 Å². The van der Waals surface area contributed by atoms with Crippen LogP contribution in [0.4, 0.5) is 5.69 Å². The van der Waals surface area contributed by atoms with E-state index in [1.54, 1.807) is 12.0 Å². The monoisotopic (exact) mass is 418 g/mol. The number of hydrogen-bond acceptors (Lipinski definition) is 5. The van der Waals surface area contributed by atoms with Crippen LogP contribution in [-0.2, 0) is 11.3 Å². The van der Waals surface area contributed by atoms with E-state index in [9.17, 15) is 9.59 Å². The molecule has 2 heterocycles. The topological polar surface area (TPSA) is 67.7 Å². The molecule has 1 aliphatic heterocycles. The molecule has 1 aromatic heterocycles. The second-order valence-electron chi connectivity index (χ2n) is 7.68. The van der Waals surface area contributed by atoms with Gasteiger partial charge in [-0.25, -0.2) is 4.98 Å². The smallest absolute Gasteiger partial charge is 0.254 e. The third-order valence-electron chi connectivity index (χ3n) is 5.58. The molecule has 1 aliphatic rings. The fourth-order valence-electron chi connectivity index (χ4n) is 3.69. The van der Waals surface area contributed by atoms with Crippen molar-refractivity contribution in [1.82, 2.24) is 14.5 Å². The average molecular weight is 418 g/mol. The van der Waals surface area contributed by atoms with Gasteiger partial charge in [-0.1, -0.05) is 35.9 Å². The van der Waals surface area contributed by atoms with Crippen LogP contribution in [0.25, 0.3) is 11.3 Å². The van der Waals surface area contributed by atoms with Crippen LogP contribution in [0.5, 0.6) is 5.75 Å². The Labute approximate surface area is 181 Å². The van der Waals surface area contributed by atoms with Gasteiger partial charge in [0.15, 0.2) is 0 Å². The Morgan fingerprint density at radius 3 is 2.45 bits per heavy atom. The van der Waals surface area contributed by atoms with Crippen molar-refractivity contribution in [2.45, 2.75) is 13.5 Å². The number of hydrogen-bond donors (Lipinski definition) is 0. The summed E-state index contributed by atoms with van der Waals surface area (Å²) in [5, 5.41) is 0. The number of amides is 1. The van der Waals surface area contributed by atoms with Crippen molar-refractivity contribution in [1.29, 1.82) is 0 Å². The predicted octanol–water partition coefficient (Wildman–Crippen LogP) is 2.58. The molecule has 2 aromatic carbocycles. The van der Waals surface area contributed by atoms with Gasteiger partial charge in [0.25, 0.3) is 5.56 Å². The molecule has 160 valence electrons. The Balaban J connectivity index is 1.37. The molecule has 0 spiro atoms. The molecule has 4 rings (SSSR count). The lowest BCUT2D eigenvalue weighted by molar-refractivity contribution is -0.132. The second-order valence-corrected chi connectivity index (χ2v) is 7.68. The van der Waals surface area contributed by atoms with Gasteiger partial charge in [-0.3, -0.25) is 14.2 Å². The number of aryl methyl sites for hydroxylation is 1. The summed E-state index contributed by atoms with van der Waals surface area (Å²) in [5.74, 6) is 0.745. The first-order valence-corrected chi connectivity index (χ1v) is 10.3. The summed E-state index contributed by atoms with van der Waals surface area (Å²) < 4.78 is 6.66. The minimum atomic E-state index is -0.228. The molecule has 3 aromatic rings. The summed E-state index contributed by atoms with van der Waals surface area (Å²) in [5.41, 5.74) is 3.50. The van der Waals surface area contributed by atoms with Gasteiger partial charge in [-0.2, -0.15) is 0 Å². The predicted molar refractivity (Wildman–Crippen MR) is 120 cm³/mol. The molecular weight excluding hydrogens is 392 g/mol. The molecule has 7 heteroatoms. The van der Waals surface area contributed by atoms with E-state index in [4.69, 9.17) is 4.74 Å². The van der Waals surface area contributed by atoms with E-state index in [0.717, 1.165) is 35.7 Å². The second kappa shape index (κ2) is 9.04. The van der Waals surface area contributed by atoms with Crippen molar-refractivity contribution in [3.8, 4) is 17.0 Å². The number of benzene rings is 2. The molecule has 0 atom stereocenters. The molecule has 0 aliphatic carbocycles. The van der Waals surface area contributed by atoms with Crippen LogP contribution in [0.3, 0.4) is 0 Å². The van der Waals surface area contributed by atoms with Crippen LogP contribution in [0, 0.1) is 6.92 Å². The first-order chi connectivity index (χ1) is 15.0. The largest absolute Gasteiger partial charge is 0.497 e. The van der Waals surface area contributed by atoms with E-state index in [1.165, 1.54) is 17.0 Å². The SMILES string of the molecule is COc1cccc(N2CCN(C(=O)Cn3cnc(-c4ccc(C)cc4)cc3=O)CC2)c1. The lowest BCUT2D eigenvalue weighted by atomic mass is 10.1. The zero-order chi connectivity index (χ0) is 21.8. The minimum Gasteiger partial charge on any atom is -0.497 e. The number of carbonyl (C=O) groups excluding carboxylic acids is 1. The summed E-state index contributed by atoms with van der Waals surface area (Å²) in [6.45, 7) is 4.70. The van der Waals surface area contributed by atoms with Crippen molar-refractivity contribution in [3.05, 3.63) is 76.8 Å². The van der Waals surface area contributed by atoms with Crippen molar-refractivity contribution in [3.63, 3.8) is 0 Å². The van der Waals surface area contributed by atoms with Gasteiger partial charge >= 0.3 is 0 Å². The Bertz CT molecular complexity index is 1120. The van der Waals surface area contributed by atoms with Gasteiger partial charge < -0.3 is 14.5 Å². The van der Waals surface area contributed by atoms with Crippen LogP contribution in [0.15, 0.2) is 65.7 Å². The van der Waals surface area contributed by atoms with Gasteiger partial charge in [0, 0.05) is 49.6 Å². The van der Waals surface area contributed by atoms with Gasteiger partial charge in [-0.05, 0) is 19.1 Å². The number of piperazine rings is 1. The van der Waals surface area contributed by atoms with Crippen LogP contribution in [-0.4, -0.2) is 53.6 Å². The zero-order valence-electron chi connectivity index (χ0n) is 17.8. The van der Waals surface area contributed by atoms with E-state index in [2.05, 4.69) is 9.88 Å². The molecule has 1 fully saturated rings. The number of anilines is 1. The highest BCUT2D eigenvalue weighted by Gasteiger charge is 2.22. The first-order valence-electron chi connectivity index (χ1n) is 10.3. The molecular formula is C24H26N4O3. The Kier molecular flexibility index (Phi) is 6.02. The lowest BCUT2D eigenvalue weighted by Crippen LogP contribution is -2.50. The van der Waals surface area contributed by atoms with Crippen molar-refractivity contribution in [2.24, 2.45) is 0 Å². The molecule has 1 saturated heterocycles. The van der Waals surface area contributed by atoms with E-state index in [-0.39, 0.29) is 18.0 Å². The van der Waals surface area contributed by atoms with Crippen LogP contribution >= 0.6 is 0 Å². The standard InChI is InChI=1S/C24H26N4O3/c1-18-6-8-19(9-7-18)22-15-23(29)28(17-25-22)16-24(30)27-12-10-26(11-13-27)20-4-3-5-21(14-20)31-2/h3-9,14-15,17H,10-13,16H2,1-2H3. The molecule has 0 N–H and O–H groups in total. The van der Waals surface area contributed by atoms with Gasteiger partial charge in [0.2, 0.25) is 5.91 Å². The van der Waals surface area contributed by atoms with Gasteiger partial charge in [0.1, 0.15) is 12.3 Å². The maximum Gasteiger partial charge on any atom is 0.254 e. The number of methoxy groups -OCH3 is 1. The van der Waals surface area contributed by atoms with E-state index in [1.807, 2.05) is 55.5 Å². The summed E-state index contributed by atoms with van der Waals surface area (Å²) in [6.07, 6.45) is 1.46. The molecule has 0 radical (unpaired) electrons. The summed E-state index contributed by atoms with van der Waals surface area (Å²) in [4.78, 5) is 33.7. The lowest BCUT2D eigenvalue weighted by Gasteiger charge is -2.36. The summed E-state index contributed by atoms with van der Waals surface area (Å²) >= 11 is 0. The third kappa shape index (κ3) is 4.77. The van der Waals surface area contributed by atoms with Gasteiger partial charge in [-0.15, -0.1) is 0 Å². The van der Waals surface area contributed by atoms with Crippen molar-refractivity contribution < 1.29 is 9.53 Å². The number of ether oxygens (including phenoxy) is 1. The highest BCUT2D eigenvalue weighted by atomic mass is 16.5. The molecule has 31 heavy (non-hydrogen) atoms. The van der Waals surface area contributed by atoms with Crippen molar-refractivity contribution >= 4 is 11.6 Å². The first kappa shape index (κ1) is 20.7. The number of rotatable bonds is 5.